The van der Waals surface area contributed by atoms with Crippen LogP contribution in [-0.2, 0) is 5.41 Å². The van der Waals surface area contributed by atoms with Gasteiger partial charge in [-0.05, 0) is 17.2 Å². The lowest BCUT2D eigenvalue weighted by molar-refractivity contribution is -0.732. The van der Waals surface area contributed by atoms with Crippen LogP contribution in [0.4, 0.5) is 0 Å². The first kappa shape index (κ1) is 18.9. The molecule has 0 saturated heterocycles. The zero-order valence-electron chi connectivity index (χ0n) is 16.4. The summed E-state index contributed by atoms with van der Waals surface area (Å²) in [6.45, 7) is 0. The molecule has 2 unspecified atom stereocenters. The van der Waals surface area contributed by atoms with Crippen molar-refractivity contribution in [3.63, 3.8) is 0 Å². The fourth-order valence-electron chi connectivity index (χ4n) is 5.81. The summed E-state index contributed by atoms with van der Waals surface area (Å²) >= 11 is 0. The first-order valence-electron chi connectivity index (χ1n) is 10.2. The second kappa shape index (κ2) is 7.00. The van der Waals surface area contributed by atoms with Crippen LogP contribution in [-0.4, -0.2) is 5.11 Å². The molecule has 2 atom stereocenters. The van der Waals surface area contributed by atoms with Crippen molar-refractivity contribution in [1.82, 2.24) is 0 Å². The molecule has 0 radical (unpaired) electrons. The Balaban J connectivity index is 0.00000193. The summed E-state index contributed by atoms with van der Waals surface area (Å²) in [6.07, 6.45) is 3.17. The fraction of sp³-hybridized carbons (Fsp3) is 0.148. The molecule has 4 aromatic rings. The van der Waals surface area contributed by atoms with Crippen molar-refractivity contribution in [3.05, 3.63) is 131 Å². The van der Waals surface area contributed by atoms with Gasteiger partial charge in [0.25, 0.3) is 0 Å². The maximum absolute atomic E-state index is 11.0. The summed E-state index contributed by atoms with van der Waals surface area (Å²) in [5, 5.41) is 11.0. The van der Waals surface area contributed by atoms with Crippen molar-refractivity contribution in [2.24, 2.45) is 0 Å². The molecule has 0 saturated carbocycles. The zero-order chi connectivity index (χ0) is 19.4. The molecular weight excluding hydrogens is 390 g/mol. The van der Waals surface area contributed by atoms with Crippen molar-refractivity contribution in [3.8, 4) is 5.75 Å². The van der Waals surface area contributed by atoms with E-state index in [1.54, 1.807) is 0 Å². The molecule has 2 bridgehead atoms. The van der Waals surface area contributed by atoms with Gasteiger partial charge in [-0.25, -0.2) is 0 Å². The van der Waals surface area contributed by atoms with Gasteiger partial charge in [0.15, 0.2) is 17.9 Å². The number of hydrogen-bond donors (Lipinski definition) is 1. The van der Waals surface area contributed by atoms with E-state index in [9.17, 15) is 5.11 Å². The molecule has 1 N–H and O–H groups in total. The third-order valence-electron chi connectivity index (χ3n) is 6.90. The molecule has 3 heteroatoms. The predicted octanol–water partition coefficient (Wildman–Crippen LogP) is 2.11. The lowest BCUT2D eigenvalue weighted by Crippen LogP contribution is -3.00. The van der Waals surface area contributed by atoms with Gasteiger partial charge in [0.1, 0.15) is 5.75 Å². The summed E-state index contributed by atoms with van der Waals surface area (Å²) in [5.74, 6) is 0.457. The lowest BCUT2D eigenvalue weighted by Gasteiger charge is -2.50. The Morgan fingerprint density at radius 1 is 0.733 bits per heavy atom. The quantitative estimate of drug-likeness (QED) is 0.502. The number of benzene rings is 3. The lowest BCUT2D eigenvalue weighted by atomic mass is 9.53. The monoisotopic (exact) mass is 411 g/mol. The first-order valence-corrected chi connectivity index (χ1v) is 10.2. The van der Waals surface area contributed by atoms with Crippen molar-refractivity contribution >= 4 is 0 Å². The van der Waals surface area contributed by atoms with Crippen LogP contribution in [0.5, 0.6) is 5.75 Å². The predicted molar refractivity (Wildman–Crippen MR) is 113 cm³/mol. The molecule has 0 spiro atoms. The Labute approximate surface area is 182 Å². The maximum Gasteiger partial charge on any atom is 0.190 e. The smallest absolute Gasteiger partial charge is 0.190 e. The SMILES string of the molecule is Oc1cccc2c1C1c3cccc[n+]3C2CC1(c1ccccc1)c1ccccc1.[Cl-]. The molecular formula is C27H22ClNO. The second-order valence-corrected chi connectivity index (χ2v) is 8.17. The third kappa shape index (κ3) is 2.41. The van der Waals surface area contributed by atoms with Gasteiger partial charge in [0, 0.05) is 35.1 Å². The average molecular weight is 412 g/mol. The van der Waals surface area contributed by atoms with E-state index in [0.29, 0.717) is 5.75 Å². The molecule has 0 amide bonds. The Morgan fingerprint density at radius 3 is 2.03 bits per heavy atom. The van der Waals surface area contributed by atoms with Gasteiger partial charge in [-0.15, -0.1) is 0 Å². The number of hydrogen-bond acceptors (Lipinski definition) is 1. The van der Waals surface area contributed by atoms with Crippen LogP contribution in [0.1, 0.15) is 46.3 Å². The van der Waals surface area contributed by atoms with Gasteiger partial charge in [0.05, 0.1) is 5.92 Å². The Hall–Kier alpha value is -3.10. The standard InChI is InChI=1S/C27H21NO.ClH/c29-24-16-9-14-21-23-18-27(19-10-3-1-4-11-19,20-12-5-2-6-13-20)26(25(21)24)22-15-7-8-17-28(22)23;/h1-17,23,26H,18H2;1H. The summed E-state index contributed by atoms with van der Waals surface area (Å²) in [4.78, 5) is 0. The van der Waals surface area contributed by atoms with E-state index in [1.165, 1.54) is 22.4 Å². The highest BCUT2D eigenvalue weighted by Gasteiger charge is 2.60. The maximum atomic E-state index is 11.0. The van der Waals surface area contributed by atoms with Gasteiger partial charge >= 0.3 is 0 Å². The van der Waals surface area contributed by atoms with Crippen LogP contribution in [0.3, 0.4) is 0 Å². The van der Waals surface area contributed by atoms with E-state index in [2.05, 4.69) is 95.7 Å². The van der Waals surface area contributed by atoms with Crippen molar-refractivity contribution in [1.29, 1.82) is 0 Å². The van der Waals surface area contributed by atoms with E-state index in [-0.39, 0.29) is 29.8 Å². The molecule has 3 aliphatic rings. The van der Waals surface area contributed by atoms with Crippen LogP contribution < -0.4 is 17.0 Å². The number of phenols is 1. The van der Waals surface area contributed by atoms with E-state index >= 15 is 0 Å². The highest BCUT2D eigenvalue weighted by molar-refractivity contribution is 5.58. The highest BCUT2D eigenvalue weighted by Crippen LogP contribution is 2.60. The van der Waals surface area contributed by atoms with Gasteiger partial charge in [-0.3, -0.25) is 0 Å². The van der Waals surface area contributed by atoms with Gasteiger partial charge in [-0.2, -0.15) is 4.57 Å². The number of nitrogens with zero attached hydrogens (tertiary/aromatic N) is 1. The zero-order valence-corrected chi connectivity index (χ0v) is 17.2. The normalized spacial score (nSPS) is 20.0. The fourth-order valence-corrected chi connectivity index (χ4v) is 5.81. The topological polar surface area (TPSA) is 24.1 Å². The number of rotatable bonds is 2. The molecule has 2 aliphatic heterocycles. The number of halogens is 1. The molecule has 1 aromatic heterocycles. The van der Waals surface area contributed by atoms with E-state index in [0.717, 1.165) is 12.0 Å². The summed E-state index contributed by atoms with van der Waals surface area (Å²) < 4.78 is 2.41. The molecule has 3 heterocycles. The minimum absolute atomic E-state index is 0. The van der Waals surface area contributed by atoms with E-state index in [1.807, 2.05) is 12.1 Å². The van der Waals surface area contributed by atoms with Crippen LogP contribution >= 0.6 is 0 Å². The first-order chi connectivity index (χ1) is 14.3. The number of aromatic hydroxyl groups is 1. The Kier molecular flexibility index (Phi) is 4.41. The van der Waals surface area contributed by atoms with Crippen molar-refractivity contribution < 1.29 is 22.1 Å². The van der Waals surface area contributed by atoms with Gasteiger partial charge in [0.2, 0.25) is 0 Å². The van der Waals surface area contributed by atoms with Crippen LogP contribution in [0, 0.1) is 0 Å². The molecule has 2 nitrogen and oxygen atoms in total. The second-order valence-electron chi connectivity index (χ2n) is 8.17. The molecule has 148 valence electrons. The average Bonchev–Trinajstić information content (AvgIpc) is 2.80. The van der Waals surface area contributed by atoms with Gasteiger partial charge < -0.3 is 17.5 Å². The van der Waals surface area contributed by atoms with Crippen LogP contribution in [0.2, 0.25) is 0 Å². The van der Waals surface area contributed by atoms with Crippen molar-refractivity contribution in [2.45, 2.75) is 23.8 Å². The Bertz CT molecular complexity index is 1170. The number of pyridine rings is 1. The molecule has 1 aliphatic carbocycles. The van der Waals surface area contributed by atoms with Crippen LogP contribution in [0.25, 0.3) is 0 Å². The third-order valence-corrected chi connectivity index (χ3v) is 6.90. The largest absolute Gasteiger partial charge is 1.00 e. The minimum Gasteiger partial charge on any atom is -1.00 e. The van der Waals surface area contributed by atoms with Crippen molar-refractivity contribution in [2.75, 3.05) is 0 Å². The summed E-state index contributed by atoms with van der Waals surface area (Å²) in [6, 6.07) is 34.4. The van der Waals surface area contributed by atoms with E-state index < -0.39 is 0 Å². The molecule has 7 rings (SSSR count). The highest BCUT2D eigenvalue weighted by atomic mass is 35.5. The minimum atomic E-state index is -0.222. The molecule has 3 aromatic carbocycles. The Morgan fingerprint density at radius 2 is 1.37 bits per heavy atom. The van der Waals surface area contributed by atoms with Gasteiger partial charge in [-0.1, -0.05) is 78.9 Å². The summed E-state index contributed by atoms with van der Waals surface area (Å²) in [5.41, 5.74) is 6.00. The molecule has 30 heavy (non-hydrogen) atoms. The number of phenolic OH excluding ortho intramolecular Hbond substituents is 1. The summed E-state index contributed by atoms with van der Waals surface area (Å²) in [7, 11) is 0. The number of fused-ring (bicyclic) bond motifs is 1. The van der Waals surface area contributed by atoms with Crippen LogP contribution in [0.15, 0.2) is 103 Å². The number of aromatic nitrogens is 1. The molecule has 0 fully saturated rings. The van der Waals surface area contributed by atoms with E-state index in [4.69, 9.17) is 0 Å².